The van der Waals surface area contributed by atoms with Crippen LogP contribution in [0.25, 0.3) is 0 Å². The van der Waals surface area contributed by atoms with Crippen LogP contribution in [0, 0.1) is 5.82 Å². The summed E-state index contributed by atoms with van der Waals surface area (Å²) in [5, 5.41) is 13.3. The van der Waals surface area contributed by atoms with Crippen LogP contribution < -0.4 is 5.69 Å². The van der Waals surface area contributed by atoms with E-state index in [2.05, 4.69) is 5.10 Å². The summed E-state index contributed by atoms with van der Waals surface area (Å²) in [5.74, 6) is 0.264. The highest BCUT2D eigenvalue weighted by Gasteiger charge is 2.45. The highest BCUT2D eigenvalue weighted by molar-refractivity contribution is 5.56. The largest absolute Gasteiger partial charge is 0.507 e. The van der Waals surface area contributed by atoms with Crippen LogP contribution in [-0.4, -0.2) is 25.6 Å². The number of hydrogen-bond donors (Lipinski definition) is 1. The monoisotopic (exact) mass is 347 g/mol. The van der Waals surface area contributed by atoms with Crippen molar-refractivity contribution >= 4 is 6.16 Å². The highest BCUT2D eigenvalue weighted by Crippen LogP contribution is 2.49. The third-order valence-electron chi connectivity index (χ3n) is 5.08. The molecule has 4 rings (SSSR count). The molecule has 1 fully saturated rings. The third kappa shape index (κ3) is 2.81. The van der Waals surface area contributed by atoms with Gasteiger partial charge in [0, 0.05) is 18.3 Å². The molecule has 0 spiro atoms. The zero-order valence-electron chi connectivity index (χ0n) is 13.5. The lowest BCUT2D eigenvalue weighted by atomic mass is 9.96. The lowest BCUT2D eigenvalue weighted by molar-refractivity contribution is 0.00388. The molecule has 1 aliphatic heterocycles. The van der Waals surface area contributed by atoms with Gasteiger partial charge in [-0.2, -0.15) is 5.10 Å². The zero-order valence-corrected chi connectivity index (χ0v) is 13.5. The average Bonchev–Trinajstić information content (AvgIpc) is 3.27. The molecule has 0 saturated heterocycles. The molecule has 2 aliphatic rings. The zero-order chi connectivity index (χ0) is 17.6. The van der Waals surface area contributed by atoms with Crippen molar-refractivity contribution in [1.82, 2.24) is 14.3 Å². The van der Waals surface area contributed by atoms with E-state index in [0.717, 1.165) is 24.8 Å². The third-order valence-corrected chi connectivity index (χ3v) is 5.08. The molecule has 1 saturated carbocycles. The molecular weight excluding hydrogens is 329 g/mol. The first-order valence-electron chi connectivity index (χ1n) is 8.32. The Balaban J connectivity index is 1.64. The summed E-state index contributed by atoms with van der Waals surface area (Å²) >= 11 is 0. The van der Waals surface area contributed by atoms with E-state index in [9.17, 15) is 14.0 Å². The Bertz CT molecular complexity index is 867. The minimum absolute atomic E-state index is 0.203. The second-order valence-electron chi connectivity index (χ2n) is 6.74. The second-order valence-corrected chi connectivity index (χ2v) is 6.74. The molecule has 2 heterocycles. The maximum Gasteiger partial charge on any atom is 0.507 e. The first-order valence-corrected chi connectivity index (χ1v) is 8.32. The number of aromatic nitrogens is 3. The summed E-state index contributed by atoms with van der Waals surface area (Å²) in [7, 11) is 0. The maximum absolute atomic E-state index is 13.2. The molecule has 7 nitrogen and oxygen atoms in total. The standard InChI is InChI=1S/C17H18FN3O4/c18-12-6-4-11(5-7-12)17(8-9-17)10-20-15(22)21-13(19-20)2-1-3-14(21)25-16(23)24/h4-7,14H,1-3,8-10H2,(H,23,24)/t14-/m0/s1. The minimum Gasteiger partial charge on any atom is -0.450 e. The molecule has 1 atom stereocenters. The van der Waals surface area contributed by atoms with Gasteiger partial charge in [0.05, 0.1) is 6.54 Å². The van der Waals surface area contributed by atoms with E-state index in [1.165, 1.54) is 21.4 Å². The number of rotatable bonds is 4. The van der Waals surface area contributed by atoms with Gasteiger partial charge in [0.1, 0.15) is 11.6 Å². The van der Waals surface area contributed by atoms with E-state index in [4.69, 9.17) is 9.84 Å². The van der Waals surface area contributed by atoms with Crippen LogP contribution >= 0.6 is 0 Å². The molecule has 1 aliphatic carbocycles. The number of aryl methyl sites for hydroxylation is 1. The number of carbonyl (C=O) groups is 1. The van der Waals surface area contributed by atoms with Crippen molar-refractivity contribution in [1.29, 1.82) is 0 Å². The number of fused-ring (bicyclic) bond motifs is 1. The summed E-state index contributed by atoms with van der Waals surface area (Å²) < 4.78 is 20.7. The van der Waals surface area contributed by atoms with Gasteiger partial charge in [-0.15, -0.1) is 0 Å². The summed E-state index contributed by atoms with van der Waals surface area (Å²) in [5.41, 5.74) is 0.435. The van der Waals surface area contributed by atoms with E-state index in [-0.39, 0.29) is 16.9 Å². The Labute approximate surface area is 142 Å². The lowest BCUT2D eigenvalue weighted by Crippen LogP contribution is -2.34. The van der Waals surface area contributed by atoms with Gasteiger partial charge < -0.3 is 9.84 Å². The first-order chi connectivity index (χ1) is 12.0. The first kappa shape index (κ1) is 15.9. The summed E-state index contributed by atoms with van der Waals surface area (Å²) in [4.78, 5) is 23.6. The Kier molecular flexibility index (Phi) is 3.63. The van der Waals surface area contributed by atoms with Crippen molar-refractivity contribution in [3.63, 3.8) is 0 Å². The molecule has 0 radical (unpaired) electrons. The Morgan fingerprint density at radius 3 is 2.72 bits per heavy atom. The van der Waals surface area contributed by atoms with Gasteiger partial charge in [-0.1, -0.05) is 12.1 Å². The van der Waals surface area contributed by atoms with E-state index < -0.39 is 12.4 Å². The Hall–Kier alpha value is -2.64. The van der Waals surface area contributed by atoms with Gasteiger partial charge in [-0.25, -0.2) is 23.2 Å². The van der Waals surface area contributed by atoms with Gasteiger partial charge in [-0.3, -0.25) is 0 Å². The number of halogens is 1. The van der Waals surface area contributed by atoms with Crippen molar-refractivity contribution < 1.29 is 19.0 Å². The van der Waals surface area contributed by atoms with Crippen molar-refractivity contribution in [2.75, 3.05) is 0 Å². The number of ether oxygens (including phenoxy) is 1. The Morgan fingerprint density at radius 1 is 1.36 bits per heavy atom. The molecule has 1 aromatic carbocycles. The van der Waals surface area contributed by atoms with E-state index >= 15 is 0 Å². The predicted octanol–water partition coefficient (Wildman–Crippen LogP) is 2.45. The van der Waals surface area contributed by atoms with Crippen LogP contribution in [0.3, 0.4) is 0 Å². The summed E-state index contributed by atoms with van der Waals surface area (Å²) in [6.45, 7) is 0.400. The van der Waals surface area contributed by atoms with Crippen LogP contribution in [0.1, 0.15) is 43.3 Å². The number of nitrogens with zero attached hydrogens (tertiary/aromatic N) is 3. The smallest absolute Gasteiger partial charge is 0.450 e. The topological polar surface area (TPSA) is 86.3 Å². The molecular formula is C17H18FN3O4. The van der Waals surface area contributed by atoms with Crippen LogP contribution in [0.15, 0.2) is 29.1 Å². The van der Waals surface area contributed by atoms with Gasteiger partial charge in [-0.05, 0) is 37.0 Å². The normalized spacial score (nSPS) is 20.8. The van der Waals surface area contributed by atoms with E-state index in [1.54, 1.807) is 12.1 Å². The molecule has 25 heavy (non-hydrogen) atoms. The van der Waals surface area contributed by atoms with Gasteiger partial charge in [0.25, 0.3) is 0 Å². The van der Waals surface area contributed by atoms with Crippen molar-refractivity contribution in [3.05, 3.63) is 52.0 Å². The molecule has 1 N–H and O–H groups in total. The van der Waals surface area contributed by atoms with Crippen LogP contribution in [0.2, 0.25) is 0 Å². The molecule has 0 bridgehead atoms. The average molecular weight is 347 g/mol. The van der Waals surface area contributed by atoms with Crippen LogP contribution in [0.4, 0.5) is 9.18 Å². The molecule has 0 amide bonds. The molecule has 1 aromatic heterocycles. The predicted molar refractivity (Wildman–Crippen MR) is 84.9 cm³/mol. The Morgan fingerprint density at radius 2 is 2.08 bits per heavy atom. The van der Waals surface area contributed by atoms with Crippen molar-refractivity contribution in [3.8, 4) is 0 Å². The number of benzene rings is 1. The lowest BCUT2D eigenvalue weighted by Gasteiger charge is -2.21. The fourth-order valence-electron chi connectivity index (χ4n) is 3.60. The van der Waals surface area contributed by atoms with Crippen molar-refractivity contribution in [2.45, 2.75) is 50.3 Å². The fraction of sp³-hybridized carbons (Fsp3) is 0.471. The quantitative estimate of drug-likeness (QED) is 0.859. The van der Waals surface area contributed by atoms with Crippen LogP contribution in [-0.2, 0) is 23.1 Å². The van der Waals surface area contributed by atoms with E-state index in [1.807, 2.05) is 0 Å². The van der Waals surface area contributed by atoms with Gasteiger partial charge in [0.15, 0.2) is 6.23 Å². The second kappa shape index (κ2) is 5.72. The minimum atomic E-state index is -1.40. The van der Waals surface area contributed by atoms with E-state index in [0.29, 0.717) is 25.2 Å². The van der Waals surface area contributed by atoms with Crippen molar-refractivity contribution in [2.24, 2.45) is 0 Å². The molecule has 132 valence electrons. The number of hydrogen-bond acceptors (Lipinski definition) is 4. The van der Waals surface area contributed by atoms with Gasteiger partial charge >= 0.3 is 11.8 Å². The molecule has 2 aromatic rings. The molecule has 8 heteroatoms. The number of carboxylic acid groups (broad SMARTS) is 1. The van der Waals surface area contributed by atoms with Gasteiger partial charge in [0.2, 0.25) is 0 Å². The summed E-state index contributed by atoms with van der Waals surface area (Å²) in [6, 6.07) is 6.35. The van der Waals surface area contributed by atoms with Crippen LogP contribution in [0.5, 0.6) is 0 Å². The SMILES string of the molecule is O=C(O)O[C@H]1CCCc2nn(CC3(c4ccc(F)cc4)CC3)c(=O)n21. The summed E-state index contributed by atoms with van der Waals surface area (Å²) in [6.07, 6.45) is 1.40. The maximum atomic E-state index is 13.2. The fourth-order valence-corrected chi connectivity index (χ4v) is 3.60. The molecule has 0 unspecified atom stereocenters. The highest BCUT2D eigenvalue weighted by atomic mass is 19.1.